The summed E-state index contributed by atoms with van der Waals surface area (Å²) >= 11 is 0. The number of anilines is 1. The van der Waals surface area contributed by atoms with Gasteiger partial charge in [0.1, 0.15) is 17.5 Å². The molecule has 1 aromatic heterocycles. The Labute approximate surface area is 139 Å². The van der Waals surface area contributed by atoms with Crippen LogP contribution in [0.3, 0.4) is 0 Å². The van der Waals surface area contributed by atoms with Crippen molar-refractivity contribution in [1.82, 2.24) is 10.5 Å². The van der Waals surface area contributed by atoms with Crippen LogP contribution in [-0.2, 0) is 14.3 Å². The lowest BCUT2D eigenvalue weighted by Crippen LogP contribution is -2.52. The molecule has 3 N–H and O–H groups in total. The number of aromatic nitrogens is 1. The average Bonchev–Trinajstić information content (AvgIpc) is 2.87. The fourth-order valence-corrected chi connectivity index (χ4v) is 2.70. The lowest BCUT2D eigenvalue weighted by atomic mass is 9.97. The van der Waals surface area contributed by atoms with Gasteiger partial charge < -0.3 is 29.7 Å². The van der Waals surface area contributed by atoms with Crippen molar-refractivity contribution in [1.29, 1.82) is 0 Å². The minimum Gasteiger partial charge on any atom is -0.469 e. The number of hydrogen-bond donors (Lipinski definition) is 3. The van der Waals surface area contributed by atoms with Crippen LogP contribution < -0.4 is 10.6 Å². The number of esters is 1. The van der Waals surface area contributed by atoms with E-state index in [9.17, 15) is 14.7 Å². The molecule has 0 unspecified atom stereocenters. The molecule has 134 valence electrons. The zero-order valence-electron chi connectivity index (χ0n) is 14.0. The first kappa shape index (κ1) is 18.2. The summed E-state index contributed by atoms with van der Waals surface area (Å²) < 4.78 is 15.3. The molecule has 1 aliphatic rings. The number of amides is 2. The molecule has 9 nitrogen and oxygen atoms in total. The third-order valence-corrected chi connectivity index (χ3v) is 4.01. The number of rotatable bonds is 5. The van der Waals surface area contributed by atoms with Crippen LogP contribution in [0.5, 0.6) is 0 Å². The van der Waals surface area contributed by atoms with Crippen molar-refractivity contribution in [3.8, 4) is 0 Å². The zero-order valence-corrected chi connectivity index (χ0v) is 14.0. The number of hydrogen-bond acceptors (Lipinski definition) is 7. The van der Waals surface area contributed by atoms with E-state index in [1.807, 2.05) is 0 Å². The molecule has 1 aliphatic heterocycles. The highest BCUT2D eigenvalue weighted by Gasteiger charge is 2.33. The highest BCUT2D eigenvalue weighted by Crippen LogP contribution is 2.23. The number of nitrogens with zero attached hydrogens (tertiary/aromatic N) is 1. The summed E-state index contributed by atoms with van der Waals surface area (Å²) in [6.45, 7) is 3.17. The molecule has 2 amide bonds. The van der Waals surface area contributed by atoms with Gasteiger partial charge in [-0.3, -0.25) is 4.79 Å². The molecule has 24 heavy (non-hydrogen) atoms. The number of methoxy groups -OCH3 is 1. The average molecular weight is 341 g/mol. The summed E-state index contributed by atoms with van der Waals surface area (Å²) in [4.78, 5) is 23.5. The number of urea groups is 1. The van der Waals surface area contributed by atoms with E-state index in [2.05, 4.69) is 20.5 Å². The lowest BCUT2D eigenvalue weighted by molar-refractivity contribution is -0.149. The van der Waals surface area contributed by atoms with Gasteiger partial charge in [0.15, 0.2) is 5.76 Å². The third kappa shape index (κ3) is 4.45. The SMILES string of the molecule is COC(=O)C[C@H]1CC[C@@H](NC(=O)Nc2c(C)noc2C)[C@@H](CO)O1. The van der Waals surface area contributed by atoms with Gasteiger partial charge in [0.25, 0.3) is 0 Å². The molecule has 0 saturated carbocycles. The van der Waals surface area contributed by atoms with Gasteiger partial charge in [-0.25, -0.2) is 4.79 Å². The Hall–Kier alpha value is -2.13. The summed E-state index contributed by atoms with van der Waals surface area (Å²) in [5, 5.41) is 18.7. The van der Waals surface area contributed by atoms with Gasteiger partial charge in [-0.05, 0) is 26.7 Å². The molecule has 0 radical (unpaired) electrons. The third-order valence-electron chi connectivity index (χ3n) is 4.01. The maximum atomic E-state index is 12.1. The van der Waals surface area contributed by atoms with Crippen LogP contribution in [0.15, 0.2) is 4.52 Å². The van der Waals surface area contributed by atoms with Gasteiger partial charge in [-0.2, -0.15) is 0 Å². The molecular weight excluding hydrogens is 318 g/mol. The Morgan fingerprint density at radius 2 is 2.12 bits per heavy atom. The van der Waals surface area contributed by atoms with Crippen molar-refractivity contribution in [3.63, 3.8) is 0 Å². The predicted molar refractivity (Wildman–Crippen MR) is 83.5 cm³/mol. The van der Waals surface area contributed by atoms with Crippen molar-refractivity contribution >= 4 is 17.7 Å². The van der Waals surface area contributed by atoms with E-state index in [1.54, 1.807) is 13.8 Å². The maximum absolute atomic E-state index is 12.1. The first-order chi connectivity index (χ1) is 11.4. The molecule has 3 atom stereocenters. The van der Waals surface area contributed by atoms with Crippen LogP contribution in [0.25, 0.3) is 0 Å². The fourth-order valence-electron chi connectivity index (χ4n) is 2.70. The van der Waals surface area contributed by atoms with Crippen LogP contribution in [0, 0.1) is 13.8 Å². The van der Waals surface area contributed by atoms with Crippen molar-refractivity contribution in [2.45, 2.75) is 51.4 Å². The van der Waals surface area contributed by atoms with Crippen molar-refractivity contribution in [2.75, 3.05) is 19.0 Å². The van der Waals surface area contributed by atoms with E-state index >= 15 is 0 Å². The second-order valence-electron chi connectivity index (χ2n) is 5.74. The minimum atomic E-state index is -0.580. The number of carbonyl (C=O) groups is 2. The Balaban J connectivity index is 1.90. The quantitative estimate of drug-likeness (QED) is 0.679. The van der Waals surface area contributed by atoms with Gasteiger partial charge in [-0.15, -0.1) is 0 Å². The molecule has 2 heterocycles. The van der Waals surface area contributed by atoms with Crippen LogP contribution in [0.1, 0.15) is 30.7 Å². The summed E-state index contributed by atoms with van der Waals surface area (Å²) in [7, 11) is 1.32. The maximum Gasteiger partial charge on any atom is 0.319 e. The lowest BCUT2D eigenvalue weighted by Gasteiger charge is -2.35. The number of aliphatic hydroxyl groups excluding tert-OH is 1. The second kappa shape index (κ2) is 8.11. The first-order valence-corrected chi connectivity index (χ1v) is 7.78. The zero-order chi connectivity index (χ0) is 17.7. The smallest absolute Gasteiger partial charge is 0.319 e. The van der Waals surface area contributed by atoms with Crippen LogP contribution in [0.4, 0.5) is 10.5 Å². The molecule has 0 spiro atoms. The normalized spacial score (nSPS) is 23.6. The molecule has 0 aliphatic carbocycles. The van der Waals surface area contributed by atoms with Gasteiger partial charge >= 0.3 is 12.0 Å². The minimum absolute atomic E-state index is 0.130. The number of carbonyl (C=O) groups excluding carboxylic acids is 2. The van der Waals surface area contributed by atoms with Crippen LogP contribution in [0.2, 0.25) is 0 Å². The second-order valence-corrected chi connectivity index (χ2v) is 5.74. The largest absolute Gasteiger partial charge is 0.469 e. The Bertz CT molecular complexity index is 568. The molecular formula is C15H23N3O6. The summed E-state index contributed by atoms with van der Waals surface area (Å²) in [6.07, 6.45) is 0.400. The van der Waals surface area contributed by atoms with E-state index in [4.69, 9.17) is 9.26 Å². The summed E-state index contributed by atoms with van der Waals surface area (Å²) in [5.74, 6) is 0.152. The highest BCUT2D eigenvalue weighted by atomic mass is 16.5. The molecule has 1 saturated heterocycles. The van der Waals surface area contributed by atoms with E-state index in [-0.39, 0.29) is 31.1 Å². The number of nitrogens with one attached hydrogen (secondary N) is 2. The van der Waals surface area contributed by atoms with Crippen molar-refractivity contribution < 1.29 is 28.7 Å². The molecule has 2 rings (SSSR count). The van der Waals surface area contributed by atoms with Gasteiger partial charge in [0, 0.05) is 0 Å². The van der Waals surface area contributed by atoms with E-state index in [0.717, 1.165) is 0 Å². The molecule has 1 fully saturated rings. The topological polar surface area (TPSA) is 123 Å². The van der Waals surface area contributed by atoms with Crippen molar-refractivity contribution in [3.05, 3.63) is 11.5 Å². The predicted octanol–water partition coefficient (Wildman–Crippen LogP) is 0.885. The summed E-state index contributed by atoms with van der Waals surface area (Å²) in [6, 6.07) is -0.785. The Morgan fingerprint density at radius 3 is 2.71 bits per heavy atom. The highest BCUT2D eigenvalue weighted by molar-refractivity contribution is 5.90. The molecule has 0 aromatic carbocycles. The van der Waals surface area contributed by atoms with Gasteiger partial charge in [0.2, 0.25) is 0 Å². The number of aryl methyl sites for hydroxylation is 2. The monoisotopic (exact) mass is 341 g/mol. The number of ether oxygens (including phenoxy) is 2. The van der Waals surface area contributed by atoms with Gasteiger partial charge in [0.05, 0.1) is 32.3 Å². The molecule has 1 aromatic rings. The Morgan fingerprint density at radius 1 is 1.38 bits per heavy atom. The molecule has 9 heteroatoms. The molecule has 0 bridgehead atoms. The standard InChI is InChI=1S/C15H23N3O6/c1-8-14(9(2)24-18-8)17-15(21)16-11-5-4-10(6-13(20)22-3)23-12(11)7-19/h10-12,19H,4-7H2,1-3H3,(H2,16,17,21)/t10-,11-,12-/m1/s1. The number of aliphatic hydroxyl groups is 1. The van der Waals surface area contributed by atoms with Crippen molar-refractivity contribution in [2.24, 2.45) is 0 Å². The summed E-state index contributed by atoms with van der Waals surface area (Å²) in [5.41, 5.74) is 1.10. The fraction of sp³-hybridized carbons (Fsp3) is 0.667. The van der Waals surface area contributed by atoms with E-state index < -0.39 is 12.1 Å². The van der Waals surface area contributed by atoms with E-state index in [1.165, 1.54) is 7.11 Å². The van der Waals surface area contributed by atoms with Crippen LogP contribution in [-0.4, -0.2) is 54.2 Å². The Kier molecular flexibility index (Phi) is 6.16. The first-order valence-electron chi connectivity index (χ1n) is 7.78. The van der Waals surface area contributed by atoms with E-state index in [0.29, 0.717) is 30.0 Å². The van der Waals surface area contributed by atoms with Gasteiger partial charge in [-0.1, -0.05) is 5.16 Å². The van der Waals surface area contributed by atoms with Crippen LogP contribution >= 0.6 is 0 Å².